The standard InChI is InChI=1S/C19H17BrN4O2S/c20-15-4-5-19(14(12-15)13-21)27(25,26)24-9-6-16-17(2-1-3-18(16)24)23-10-7-22-8-11-23/h1-6,9,12,22H,7-8,10-11H2. The SMILES string of the molecule is N#Cc1cc(Br)ccc1S(=O)(=O)n1ccc2c(N3CCNCC3)cccc21. The van der Waals surface area contributed by atoms with Crippen molar-refractivity contribution in [2.75, 3.05) is 31.1 Å². The summed E-state index contributed by atoms with van der Waals surface area (Å²) in [5.74, 6) is 0. The zero-order valence-corrected chi connectivity index (χ0v) is 16.8. The van der Waals surface area contributed by atoms with Gasteiger partial charge in [0.15, 0.2) is 0 Å². The Balaban J connectivity index is 1.86. The van der Waals surface area contributed by atoms with Crippen LogP contribution in [-0.2, 0) is 10.0 Å². The molecule has 1 N–H and O–H groups in total. The first-order valence-electron chi connectivity index (χ1n) is 8.53. The quantitative estimate of drug-likeness (QED) is 0.671. The van der Waals surface area contributed by atoms with E-state index in [2.05, 4.69) is 26.1 Å². The molecule has 138 valence electrons. The van der Waals surface area contributed by atoms with Gasteiger partial charge in [0.25, 0.3) is 10.0 Å². The van der Waals surface area contributed by atoms with E-state index in [0.29, 0.717) is 9.99 Å². The highest BCUT2D eigenvalue weighted by molar-refractivity contribution is 9.10. The first-order chi connectivity index (χ1) is 13.0. The molecule has 2 aromatic carbocycles. The van der Waals surface area contributed by atoms with Crippen LogP contribution in [0.15, 0.2) is 58.0 Å². The molecule has 1 fully saturated rings. The van der Waals surface area contributed by atoms with Gasteiger partial charge in [-0.3, -0.25) is 0 Å². The summed E-state index contributed by atoms with van der Waals surface area (Å²) in [6, 6.07) is 14.1. The molecular formula is C19H17BrN4O2S. The monoisotopic (exact) mass is 444 g/mol. The molecule has 3 aromatic rings. The molecule has 1 aliphatic rings. The number of rotatable bonds is 3. The highest BCUT2D eigenvalue weighted by atomic mass is 79.9. The number of halogens is 1. The molecule has 0 saturated carbocycles. The van der Waals surface area contributed by atoms with Gasteiger partial charge in [0, 0.05) is 47.9 Å². The maximum Gasteiger partial charge on any atom is 0.269 e. The summed E-state index contributed by atoms with van der Waals surface area (Å²) in [7, 11) is -3.89. The third-order valence-electron chi connectivity index (χ3n) is 4.73. The molecule has 6 nitrogen and oxygen atoms in total. The Morgan fingerprint density at radius 1 is 1.11 bits per heavy atom. The van der Waals surface area contributed by atoms with Crippen molar-refractivity contribution in [3.8, 4) is 6.07 Å². The first-order valence-corrected chi connectivity index (χ1v) is 10.8. The average molecular weight is 445 g/mol. The van der Waals surface area contributed by atoms with E-state index >= 15 is 0 Å². The molecule has 0 bridgehead atoms. The van der Waals surface area contributed by atoms with Crippen molar-refractivity contribution in [3.05, 3.63) is 58.7 Å². The number of fused-ring (bicyclic) bond motifs is 1. The van der Waals surface area contributed by atoms with Gasteiger partial charge < -0.3 is 10.2 Å². The molecule has 0 radical (unpaired) electrons. The van der Waals surface area contributed by atoms with Crippen molar-refractivity contribution < 1.29 is 8.42 Å². The number of nitrogens with zero attached hydrogens (tertiary/aromatic N) is 3. The minimum Gasteiger partial charge on any atom is -0.368 e. The minimum absolute atomic E-state index is 0.00160. The van der Waals surface area contributed by atoms with E-state index < -0.39 is 10.0 Å². The molecule has 1 aliphatic heterocycles. The summed E-state index contributed by atoms with van der Waals surface area (Å²) < 4.78 is 28.4. The highest BCUT2D eigenvalue weighted by Crippen LogP contribution is 2.31. The van der Waals surface area contributed by atoms with Crippen LogP contribution in [0, 0.1) is 11.3 Å². The summed E-state index contributed by atoms with van der Waals surface area (Å²) in [4.78, 5) is 2.26. The lowest BCUT2D eigenvalue weighted by Gasteiger charge is -2.30. The third kappa shape index (κ3) is 3.12. The molecule has 4 rings (SSSR count). The lowest BCUT2D eigenvalue weighted by molar-refractivity contribution is 0.588. The van der Waals surface area contributed by atoms with Crippen LogP contribution in [0.2, 0.25) is 0 Å². The summed E-state index contributed by atoms with van der Waals surface area (Å²) in [6.07, 6.45) is 1.56. The van der Waals surface area contributed by atoms with Crippen LogP contribution in [0.5, 0.6) is 0 Å². The van der Waals surface area contributed by atoms with Crippen molar-refractivity contribution in [2.24, 2.45) is 0 Å². The Morgan fingerprint density at radius 3 is 2.63 bits per heavy atom. The first kappa shape index (κ1) is 18.0. The predicted molar refractivity (Wildman–Crippen MR) is 108 cm³/mol. The van der Waals surface area contributed by atoms with Gasteiger partial charge in [-0.05, 0) is 36.4 Å². The second-order valence-electron chi connectivity index (χ2n) is 6.32. The maximum atomic E-state index is 13.3. The van der Waals surface area contributed by atoms with Gasteiger partial charge in [-0.2, -0.15) is 5.26 Å². The Morgan fingerprint density at radius 2 is 1.89 bits per heavy atom. The molecule has 1 saturated heterocycles. The lowest BCUT2D eigenvalue weighted by Crippen LogP contribution is -2.43. The van der Waals surface area contributed by atoms with E-state index in [4.69, 9.17) is 0 Å². The van der Waals surface area contributed by atoms with Crippen molar-refractivity contribution in [2.45, 2.75) is 4.90 Å². The van der Waals surface area contributed by atoms with Gasteiger partial charge in [0.05, 0.1) is 11.1 Å². The second kappa shape index (κ2) is 7.00. The fraction of sp³-hybridized carbons (Fsp3) is 0.211. The van der Waals surface area contributed by atoms with E-state index in [1.54, 1.807) is 18.3 Å². The zero-order valence-electron chi connectivity index (χ0n) is 14.4. The largest absolute Gasteiger partial charge is 0.368 e. The fourth-order valence-corrected chi connectivity index (χ4v) is 5.27. The van der Waals surface area contributed by atoms with Gasteiger partial charge >= 0.3 is 0 Å². The van der Waals surface area contributed by atoms with Gasteiger partial charge in [0.2, 0.25) is 0 Å². The molecule has 0 spiro atoms. The molecule has 0 aliphatic carbocycles. The number of hydrogen-bond donors (Lipinski definition) is 1. The lowest BCUT2D eigenvalue weighted by atomic mass is 10.2. The topological polar surface area (TPSA) is 78.1 Å². The zero-order chi connectivity index (χ0) is 19.0. The van der Waals surface area contributed by atoms with E-state index in [1.807, 2.05) is 24.3 Å². The van der Waals surface area contributed by atoms with Crippen molar-refractivity contribution in [1.82, 2.24) is 9.29 Å². The van der Waals surface area contributed by atoms with E-state index in [-0.39, 0.29) is 10.5 Å². The molecule has 27 heavy (non-hydrogen) atoms. The van der Waals surface area contributed by atoms with Crippen molar-refractivity contribution >= 4 is 42.5 Å². The Kier molecular flexibility index (Phi) is 4.68. The molecule has 2 heterocycles. The average Bonchev–Trinajstić information content (AvgIpc) is 3.13. The highest BCUT2D eigenvalue weighted by Gasteiger charge is 2.24. The van der Waals surface area contributed by atoms with Crippen LogP contribution in [0.1, 0.15) is 5.56 Å². The van der Waals surface area contributed by atoms with Gasteiger partial charge in [-0.1, -0.05) is 22.0 Å². The maximum absolute atomic E-state index is 13.3. The van der Waals surface area contributed by atoms with Crippen LogP contribution in [0.25, 0.3) is 10.9 Å². The van der Waals surface area contributed by atoms with Gasteiger partial charge in [0.1, 0.15) is 11.0 Å². The third-order valence-corrected chi connectivity index (χ3v) is 6.97. The number of nitriles is 1. The Hall–Kier alpha value is -2.34. The molecule has 0 unspecified atom stereocenters. The number of hydrogen-bond acceptors (Lipinski definition) is 5. The Bertz CT molecular complexity index is 1160. The van der Waals surface area contributed by atoms with Gasteiger partial charge in [-0.25, -0.2) is 12.4 Å². The summed E-state index contributed by atoms with van der Waals surface area (Å²) in [6.45, 7) is 3.56. The molecular weight excluding hydrogens is 428 g/mol. The molecule has 0 atom stereocenters. The normalized spacial score (nSPS) is 15.0. The molecule has 0 amide bonds. The van der Waals surface area contributed by atoms with Crippen molar-refractivity contribution in [1.29, 1.82) is 5.26 Å². The summed E-state index contributed by atoms with van der Waals surface area (Å²) in [5, 5.41) is 13.6. The van der Waals surface area contributed by atoms with Crippen LogP contribution in [0.4, 0.5) is 5.69 Å². The number of anilines is 1. The fourth-order valence-electron chi connectivity index (χ4n) is 3.44. The predicted octanol–water partition coefficient (Wildman–Crippen LogP) is 2.92. The van der Waals surface area contributed by atoms with Crippen LogP contribution in [-0.4, -0.2) is 38.6 Å². The van der Waals surface area contributed by atoms with E-state index in [0.717, 1.165) is 37.3 Å². The number of benzene rings is 2. The summed E-state index contributed by atoms with van der Waals surface area (Å²) >= 11 is 3.28. The van der Waals surface area contributed by atoms with Crippen LogP contribution < -0.4 is 10.2 Å². The Labute approximate surface area is 166 Å². The second-order valence-corrected chi connectivity index (χ2v) is 9.01. The number of piperazine rings is 1. The van der Waals surface area contributed by atoms with Gasteiger partial charge in [-0.15, -0.1) is 0 Å². The van der Waals surface area contributed by atoms with Crippen LogP contribution >= 0.6 is 15.9 Å². The molecule has 1 aromatic heterocycles. The smallest absolute Gasteiger partial charge is 0.269 e. The number of nitrogens with one attached hydrogen (secondary N) is 1. The van der Waals surface area contributed by atoms with Crippen molar-refractivity contribution in [3.63, 3.8) is 0 Å². The number of aromatic nitrogens is 1. The van der Waals surface area contributed by atoms with Crippen LogP contribution in [0.3, 0.4) is 0 Å². The molecule has 8 heteroatoms. The van der Waals surface area contributed by atoms with E-state index in [9.17, 15) is 13.7 Å². The minimum atomic E-state index is -3.89. The van der Waals surface area contributed by atoms with E-state index in [1.165, 1.54) is 16.1 Å². The summed E-state index contributed by atoms with van der Waals surface area (Å²) in [5.41, 5.74) is 1.75.